The standard InChI is InChI=1S/C12H16ClN/c1-9(2)14-12(7-8-12)10-3-5-11(13)6-4-10/h3-6,9,14H,7-8H2,1-2H3. The number of halogens is 1. The molecule has 2 heteroatoms. The average molecular weight is 210 g/mol. The van der Waals surface area contributed by atoms with Gasteiger partial charge in [-0.05, 0) is 30.5 Å². The van der Waals surface area contributed by atoms with E-state index < -0.39 is 0 Å². The minimum atomic E-state index is 0.249. The van der Waals surface area contributed by atoms with Gasteiger partial charge in [0.05, 0.1) is 0 Å². The van der Waals surface area contributed by atoms with E-state index in [0.717, 1.165) is 5.02 Å². The second-order valence-electron chi connectivity index (χ2n) is 4.39. The van der Waals surface area contributed by atoms with Crippen LogP contribution in [0.25, 0.3) is 0 Å². The van der Waals surface area contributed by atoms with Gasteiger partial charge in [0, 0.05) is 16.6 Å². The molecule has 1 aliphatic rings. The Hall–Kier alpha value is -0.530. The van der Waals surface area contributed by atoms with Gasteiger partial charge in [0.1, 0.15) is 0 Å². The van der Waals surface area contributed by atoms with Gasteiger partial charge in [-0.1, -0.05) is 37.6 Å². The van der Waals surface area contributed by atoms with Crippen LogP contribution in [0.5, 0.6) is 0 Å². The van der Waals surface area contributed by atoms with Crippen LogP contribution in [0.1, 0.15) is 32.3 Å². The highest BCUT2D eigenvalue weighted by Crippen LogP contribution is 2.45. The summed E-state index contributed by atoms with van der Waals surface area (Å²) in [5.74, 6) is 0. The molecule has 1 saturated carbocycles. The van der Waals surface area contributed by atoms with Crippen molar-refractivity contribution < 1.29 is 0 Å². The van der Waals surface area contributed by atoms with Gasteiger partial charge in [-0.2, -0.15) is 0 Å². The Bertz CT molecular complexity index is 312. The Labute approximate surface area is 90.5 Å². The molecule has 76 valence electrons. The van der Waals surface area contributed by atoms with Gasteiger partial charge in [0.15, 0.2) is 0 Å². The minimum absolute atomic E-state index is 0.249. The van der Waals surface area contributed by atoms with E-state index in [1.807, 2.05) is 12.1 Å². The molecule has 2 rings (SSSR count). The van der Waals surface area contributed by atoms with Gasteiger partial charge in [-0.3, -0.25) is 0 Å². The molecular formula is C12H16ClN. The van der Waals surface area contributed by atoms with E-state index in [1.54, 1.807) is 0 Å². The molecule has 1 aromatic carbocycles. The molecule has 0 radical (unpaired) electrons. The lowest BCUT2D eigenvalue weighted by Crippen LogP contribution is -2.34. The average Bonchev–Trinajstić information content (AvgIpc) is 2.85. The van der Waals surface area contributed by atoms with E-state index in [2.05, 4.69) is 31.3 Å². The van der Waals surface area contributed by atoms with Gasteiger partial charge in [0.25, 0.3) is 0 Å². The normalized spacial score (nSPS) is 18.6. The molecule has 0 amide bonds. The largest absolute Gasteiger partial charge is 0.305 e. The van der Waals surface area contributed by atoms with Crippen LogP contribution in [0.15, 0.2) is 24.3 Å². The molecule has 1 aliphatic carbocycles. The van der Waals surface area contributed by atoms with Crippen molar-refractivity contribution in [2.45, 2.75) is 38.3 Å². The molecule has 14 heavy (non-hydrogen) atoms. The summed E-state index contributed by atoms with van der Waals surface area (Å²) < 4.78 is 0. The zero-order chi connectivity index (χ0) is 10.2. The fourth-order valence-electron chi connectivity index (χ4n) is 1.96. The molecule has 1 N–H and O–H groups in total. The van der Waals surface area contributed by atoms with Gasteiger partial charge >= 0.3 is 0 Å². The first-order valence-corrected chi connectivity index (χ1v) is 5.54. The van der Waals surface area contributed by atoms with E-state index in [9.17, 15) is 0 Å². The topological polar surface area (TPSA) is 12.0 Å². The van der Waals surface area contributed by atoms with Gasteiger partial charge < -0.3 is 5.32 Å². The summed E-state index contributed by atoms with van der Waals surface area (Å²) in [5, 5.41) is 4.44. The first-order chi connectivity index (χ1) is 6.62. The van der Waals surface area contributed by atoms with Crippen LogP contribution < -0.4 is 5.32 Å². The highest BCUT2D eigenvalue weighted by atomic mass is 35.5. The van der Waals surface area contributed by atoms with Gasteiger partial charge in [-0.15, -0.1) is 0 Å². The molecule has 0 unspecified atom stereocenters. The van der Waals surface area contributed by atoms with Crippen molar-refractivity contribution in [1.82, 2.24) is 5.32 Å². The Balaban J connectivity index is 2.18. The third-order valence-electron chi connectivity index (χ3n) is 2.71. The van der Waals surface area contributed by atoms with Crippen molar-refractivity contribution in [1.29, 1.82) is 0 Å². The third-order valence-corrected chi connectivity index (χ3v) is 2.96. The van der Waals surface area contributed by atoms with Crippen LogP contribution in [-0.4, -0.2) is 6.04 Å². The molecule has 0 spiro atoms. The minimum Gasteiger partial charge on any atom is -0.305 e. The zero-order valence-corrected chi connectivity index (χ0v) is 9.43. The van der Waals surface area contributed by atoms with Crippen molar-refractivity contribution >= 4 is 11.6 Å². The van der Waals surface area contributed by atoms with E-state index >= 15 is 0 Å². The highest BCUT2D eigenvalue weighted by molar-refractivity contribution is 6.30. The first kappa shape index (κ1) is 10.0. The Kier molecular flexibility index (Phi) is 2.54. The molecule has 0 atom stereocenters. The van der Waals surface area contributed by atoms with Crippen LogP contribution in [0.2, 0.25) is 5.02 Å². The van der Waals surface area contributed by atoms with Gasteiger partial charge in [-0.25, -0.2) is 0 Å². The fourth-order valence-corrected chi connectivity index (χ4v) is 2.09. The summed E-state index contributed by atoms with van der Waals surface area (Å²) in [5.41, 5.74) is 1.62. The predicted molar refractivity (Wildman–Crippen MR) is 60.6 cm³/mol. The number of hydrogen-bond donors (Lipinski definition) is 1. The summed E-state index contributed by atoms with van der Waals surface area (Å²) in [4.78, 5) is 0. The predicted octanol–water partition coefficient (Wildman–Crippen LogP) is 3.33. The SMILES string of the molecule is CC(C)NC1(c2ccc(Cl)cc2)CC1. The molecule has 0 aliphatic heterocycles. The van der Waals surface area contributed by atoms with E-state index in [1.165, 1.54) is 18.4 Å². The van der Waals surface area contributed by atoms with Crippen molar-refractivity contribution in [3.8, 4) is 0 Å². The van der Waals surface area contributed by atoms with Gasteiger partial charge in [0.2, 0.25) is 0 Å². The van der Waals surface area contributed by atoms with Crippen LogP contribution in [-0.2, 0) is 5.54 Å². The molecule has 1 nitrogen and oxygen atoms in total. The summed E-state index contributed by atoms with van der Waals surface area (Å²) in [6.45, 7) is 4.38. The maximum absolute atomic E-state index is 5.87. The third kappa shape index (κ3) is 1.94. The Morgan fingerprint density at radius 2 is 1.79 bits per heavy atom. The lowest BCUT2D eigenvalue weighted by molar-refractivity contribution is 0.461. The molecular weight excluding hydrogens is 194 g/mol. The van der Waals surface area contributed by atoms with Crippen LogP contribution >= 0.6 is 11.6 Å². The lowest BCUT2D eigenvalue weighted by atomic mass is 10.0. The summed E-state index contributed by atoms with van der Waals surface area (Å²) in [7, 11) is 0. The fraction of sp³-hybridized carbons (Fsp3) is 0.500. The van der Waals surface area contributed by atoms with E-state index in [4.69, 9.17) is 11.6 Å². The number of hydrogen-bond acceptors (Lipinski definition) is 1. The second kappa shape index (κ2) is 3.56. The summed E-state index contributed by atoms with van der Waals surface area (Å²) >= 11 is 5.87. The number of rotatable bonds is 3. The second-order valence-corrected chi connectivity index (χ2v) is 4.82. The lowest BCUT2D eigenvalue weighted by Gasteiger charge is -2.20. The number of nitrogens with one attached hydrogen (secondary N) is 1. The Morgan fingerprint density at radius 3 is 2.21 bits per heavy atom. The maximum atomic E-state index is 5.87. The zero-order valence-electron chi connectivity index (χ0n) is 8.68. The monoisotopic (exact) mass is 209 g/mol. The molecule has 0 saturated heterocycles. The summed E-state index contributed by atoms with van der Waals surface area (Å²) in [6, 6.07) is 8.74. The number of benzene rings is 1. The smallest absolute Gasteiger partial charge is 0.0438 e. The maximum Gasteiger partial charge on any atom is 0.0438 e. The first-order valence-electron chi connectivity index (χ1n) is 5.16. The summed E-state index contributed by atoms with van der Waals surface area (Å²) in [6.07, 6.45) is 2.49. The van der Waals surface area contributed by atoms with E-state index in [0.29, 0.717) is 6.04 Å². The van der Waals surface area contributed by atoms with Crippen molar-refractivity contribution in [3.05, 3.63) is 34.9 Å². The van der Waals surface area contributed by atoms with Crippen LogP contribution in [0, 0.1) is 0 Å². The van der Waals surface area contributed by atoms with Crippen LogP contribution in [0.4, 0.5) is 0 Å². The molecule has 1 aromatic rings. The molecule has 0 bridgehead atoms. The quantitative estimate of drug-likeness (QED) is 0.806. The van der Waals surface area contributed by atoms with Crippen molar-refractivity contribution in [2.75, 3.05) is 0 Å². The highest BCUT2D eigenvalue weighted by Gasteiger charge is 2.44. The van der Waals surface area contributed by atoms with Crippen LogP contribution in [0.3, 0.4) is 0 Å². The van der Waals surface area contributed by atoms with Crippen molar-refractivity contribution in [3.63, 3.8) is 0 Å². The van der Waals surface area contributed by atoms with Crippen molar-refractivity contribution in [2.24, 2.45) is 0 Å². The molecule has 0 heterocycles. The Morgan fingerprint density at radius 1 is 1.21 bits per heavy atom. The van der Waals surface area contributed by atoms with E-state index in [-0.39, 0.29) is 5.54 Å². The molecule has 1 fully saturated rings. The molecule has 0 aromatic heterocycles.